The monoisotopic (exact) mass is 247 g/mol. The molecule has 0 fully saturated rings. The molecule has 0 aliphatic carbocycles. The maximum atomic E-state index is 5.23. The van der Waals surface area contributed by atoms with E-state index in [-0.39, 0.29) is 6.04 Å². The zero-order valence-corrected chi connectivity index (χ0v) is 10.8. The van der Waals surface area contributed by atoms with Crippen LogP contribution >= 0.6 is 0 Å². The lowest BCUT2D eigenvalue weighted by Crippen LogP contribution is -2.19. The first-order valence-electron chi connectivity index (χ1n) is 6.07. The first-order chi connectivity index (χ1) is 8.70. The number of nitrogens with zero attached hydrogens (tertiary/aromatic N) is 4. The lowest BCUT2D eigenvalue weighted by molar-refractivity contribution is 0.340. The maximum absolute atomic E-state index is 5.23. The predicted molar refractivity (Wildman–Crippen MR) is 66.8 cm³/mol. The van der Waals surface area contributed by atoms with Gasteiger partial charge in [-0.25, -0.2) is 9.97 Å². The lowest BCUT2D eigenvalue weighted by atomic mass is 10.3. The topological polar surface area (TPSA) is 76.7 Å². The molecule has 0 aliphatic rings. The standard InChI is InChI=1S/C12H17N5O/c1-4-6-13-8(2)12-16-11(17-18-12)10-5-7-14-9(3)15-10/h5,7-8,13H,4,6H2,1-3H3. The van der Waals surface area contributed by atoms with E-state index in [1.165, 1.54) is 0 Å². The van der Waals surface area contributed by atoms with E-state index in [2.05, 4.69) is 32.3 Å². The molecule has 0 radical (unpaired) electrons. The summed E-state index contributed by atoms with van der Waals surface area (Å²) in [6.07, 6.45) is 2.75. The molecule has 2 rings (SSSR count). The van der Waals surface area contributed by atoms with Crippen molar-refractivity contribution in [3.63, 3.8) is 0 Å². The van der Waals surface area contributed by atoms with E-state index in [0.29, 0.717) is 23.2 Å². The molecule has 2 heterocycles. The molecule has 18 heavy (non-hydrogen) atoms. The van der Waals surface area contributed by atoms with E-state index in [9.17, 15) is 0 Å². The Hall–Kier alpha value is -1.82. The van der Waals surface area contributed by atoms with Crippen LogP contribution in [0.15, 0.2) is 16.8 Å². The number of hydrogen-bond acceptors (Lipinski definition) is 6. The second-order valence-electron chi connectivity index (χ2n) is 4.12. The van der Waals surface area contributed by atoms with Gasteiger partial charge >= 0.3 is 0 Å². The number of aryl methyl sites for hydroxylation is 1. The SMILES string of the molecule is CCCNC(C)c1nc(-c2ccnc(C)n2)no1. The van der Waals surface area contributed by atoms with Crippen LogP contribution in [0.25, 0.3) is 11.5 Å². The van der Waals surface area contributed by atoms with Gasteiger partial charge in [-0.05, 0) is 32.9 Å². The first-order valence-corrected chi connectivity index (χ1v) is 6.07. The summed E-state index contributed by atoms with van der Waals surface area (Å²) >= 11 is 0. The molecule has 0 aliphatic heterocycles. The molecule has 0 bridgehead atoms. The van der Waals surface area contributed by atoms with Gasteiger partial charge in [-0.15, -0.1) is 0 Å². The van der Waals surface area contributed by atoms with Gasteiger partial charge in [0.25, 0.3) is 0 Å². The van der Waals surface area contributed by atoms with Gasteiger partial charge in [0.1, 0.15) is 11.5 Å². The zero-order valence-electron chi connectivity index (χ0n) is 10.8. The van der Waals surface area contributed by atoms with E-state index in [1.54, 1.807) is 12.3 Å². The second kappa shape index (κ2) is 5.68. The normalized spacial score (nSPS) is 12.6. The fourth-order valence-corrected chi connectivity index (χ4v) is 1.54. The Morgan fingerprint density at radius 1 is 1.39 bits per heavy atom. The summed E-state index contributed by atoms with van der Waals surface area (Å²) in [5.41, 5.74) is 0.681. The molecule has 6 heteroatoms. The van der Waals surface area contributed by atoms with E-state index in [4.69, 9.17) is 4.52 Å². The van der Waals surface area contributed by atoms with Crippen molar-refractivity contribution in [1.82, 2.24) is 25.4 Å². The van der Waals surface area contributed by atoms with Crippen molar-refractivity contribution in [3.8, 4) is 11.5 Å². The Morgan fingerprint density at radius 3 is 2.94 bits per heavy atom. The molecule has 2 aromatic rings. The van der Waals surface area contributed by atoms with Crippen LogP contribution in [0.4, 0.5) is 0 Å². The Balaban J connectivity index is 2.15. The van der Waals surface area contributed by atoms with E-state index in [0.717, 1.165) is 13.0 Å². The molecule has 96 valence electrons. The van der Waals surface area contributed by atoms with E-state index in [1.807, 2.05) is 13.8 Å². The van der Waals surface area contributed by atoms with Crippen LogP contribution in [0.2, 0.25) is 0 Å². The van der Waals surface area contributed by atoms with Crippen LogP contribution in [0, 0.1) is 6.92 Å². The third-order valence-corrected chi connectivity index (χ3v) is 2.52. The second-order valence-corrected chi connectivity index (χ2v) is 4.12. The maximum Gasteiger partial charge on any atom is 0.243 e. The van der Waals surface area contributed by atoms with Gasteiger partial charge in [-0.3, -0.25) is 0 Å². The highest BCUT2D eigenvalue weighted by atomic mass is 16.5. The predicted octanol–water partition coefficient (Wildman–Crippen LogP) is 1.90. The number of aromatic nitrogens is 4. The summed E-state index contributed by atoms with van der Waals surface area (Å²) in [6.45, 7) is 6.86. The van der Waals surface area contributed by atoms with Crippen molar-refractivity contribution in [2.75, 3.05) is 6.54 Å². The molecular formula is C12H17N5O. The van der Waals surface area contributed by atoms with Gasteiger partial charge in [-0.1, -0.05) is 12.1 Å². The van der Waals surface area contributed by atoms with Crippen LogP contribution in [-0.4, -0.2) is 26.7 Å². The van der Waals surface area contributed by atoms with Gasteiger partial charge < -0.3 is 9.84 Å². The van der Waals surface area contributed by atoms with Gasteiger partial charge in [0.15, 0.2) is 0 Å². The third kappa shape index (κ3) is 2.89. The fourth-order valence-electron chi connectivity index (χ4n) is 1.54. The fraction of sp³-hybridized carbons (Fsp3) is 0.500. The average Bonchev–Trinajstić information content (AvgIpc) is 2.85. The summed E-state index contributed by atoms with van der Waals surface area (Å²) in [4.78, 5) is 12.6. The summed E-state index contributed by atoms with van der Waals surface area (Å²) in [5.74, 6) is 1.77. The Morgan fingerprint density at radius 2 is 2.22 bits per heavy atom. The molecule has 0 saturated heterocycles. The molecule has 1 unspecified atom stereocenters. The van der Waals surface area contributed by atoms with Crippen LogP contribution in [0.1, 0.15) is 38.0 Å². The Bertz CT molecular complexity index is 511. The average molecular weight is 247 g/mol. The van der Waals surface area contributed by atoms with Gasteiger partial charge in [-0.2, -0.15) is 4.98 Å². The molecular weight excluding hydrogens is 230 g/mol. The molecule has 0 aromatic carbocycles. The van der Waals surface area contributed by atoms with E-state index >= 15 is 0 Å². The first kappa shape index (κ1) is 12.6. The van der Waals surface area contributed by atoms with Crippen molar-refractivity contribution in [1.29, 1.82) is 0 Å². The van der Waals surface area contributed by atoms with Crippen molar-refractivity contribution in [2.45, 2.75) is 33.2 Å². The van der Waals surface area contributed by atoms with Crippen LogP contribution in [-0.2, 0) is 0 Å². The highest BCUT2D eigenvalue weighted by Gasteiger charge is 2.15. The lowest BCUT2D eigenvalue weighted by Gasteiger charge is -2.06. The summed E-state index contributed by atoms with van der Waals surface area (Å²) in [7, 11) is 0. The highest BCUT2D eigenvalue weighted by Crippen LogP contribution is 2.16. The van der Waals surface area contributed by atoms with Gasteiger partial charge in [0, 0.05) is 6.20 Å². The minimum Gasteiger partial charge on any atom is -0.337 e. The highest BCUT2D eigenvalue weighted by molar-refractivity contribution is 5.46. The van der Waals surface area contributed by atoms with Crippen LogP contribution in [0.5, 0.6) is 0 Å². The molecule has 2 aromatic heterocycles. The number of rotatable bonds is 5. The molecule has 0 amide bonds. The Kier molecular flexibility index (Phi) is 3.99. The largest absolute Gasteiger partial charge is 0.337 e. The smallest absolute Gasteiger partial charge is 0.243 e. The molecule has 1 atom stereocenters. The third-order valence-electron chi connectivity index (χ3n) is 2.52. The summed E-state index contributed by atoms with van der Waals surface area (Å²) in [5, 5.41) is 7.24. The quantitative estimate of drug-likeness (QED) is 0.869. The summed E-state index contributed by atoms with van der Waals surface area (Å²) in [6, 6.07) is 1.82. The number of hydrogen-bond donors (Lipinski definition) is 1. The van der Waals surface area contributed by atoms with Gasteiger partial charge in [0.05, 0.1) is 6.04 Å². The van der Waals surface area contributed by atoms with Gasteiger partial charge in [0.2, 0.25) is 11.7 Å². The van der Waals surface area contributed by atoms with E-state index < -0.39 is 0 Å². The molecule has 6 nitrogen and oxygen atoms in total. The zero-order chi connectivity index (χ0) is 13.0. The van der Waals surface area contributed by atoms with Crippen molar-refractivity contribution in [2.24, 2.45) is 0 Å². The summed E-state index contributed by atoms with van der Waals surface area (Å²) < 4.78 is 5.23. The minimum atomic E-state index is 0.0501. The number of nitrogens with one attached hydrogen (secondary N) is 1. The van der Waals surface area contributed by atoms with Crippen LogP contribution < -0.4 is 5.32 Å². The molecule has 1 N–H and O–H groups in total. The van der Waals surface area contributed by atoms with Crippen molar-refractivity contribution < 1.29 is 4.52 Å². The van der Waals surface area contributed by atoms with Crippen molar-refractivity contribution in [3.05, 3.63) is 24.0 Å². The van der Waals surface area contributed by atoms with Crippen molar-refractivity contribution >= 4 is 0 Å². The molecule has 0 saturated carbocycles. The van der Waals surface area contributed by atoms with Crippen LogP contribution in [0.3, 0.4) is 0 Å². The minimum absolute atomic E-state index is 0.0501. The Labute approximate surface area is 106 Å². The molecule has 0 spiro atoms.